The molecule has 4 nitrogen and oxygen atoms in total. The summed E-state index contributed by atoms with van der Waals surface area (Å²) in [6.45, 7) is 13.1. The minimum atomic E-state index is 0. The number of aliphatic imine (C=N–C) groups is 1. The van der Waals surface area contributed by atoms with Crippen LogP contribution in [0.1, 0.15) is 40.0 Å². The standard InChI is InChI=1S/C14H30N4.HI/c1-4-8-16-14(15-5-2)17-9-11-18-10-6-7-13(3)12-18;/h13H,4-12H2,1-3H3,(H2,15,16,17);1H. The third-order valence-electron chi connectivity index (χ3n) is 3.30. The van der Waals surface area contributed by atoms with Crippen LogP contribution in [-0.2, 0) is 0 Å². The lowest BCUT2D eigenvalue weighted by Crippen LogP contribution is -2.43. The molecule has 0 aromatic heterocycles. The largest absolute Gasteiger partial charge is 0.357 e. The van der Waals surface area contributed by atoms with Gasteiger partial charge in [-0.15, -0.1) is 24.0 Å². The van der Waals surface area contributed by atoms with E-state index >= 15 is 0 Å². The van der Waals surface area contributed by atoms with Gasteiger partial charge in [-0.3, -0.25) is 4.99 Å². The fraction of sp³-hybridized carbons (Fsp3) is 0.929. The van der Waals surface area contributed by atoms with Crippen molar-refractivity contribution >= 4 is 29.9 Å². The molecule has 1 fully saturated rings. The summed E-state index contributed by atoms with van der Waals surface area (Å²) < 4.78 is 0. The van der Waals surface area contributed by atoms with Gasteiger partial charge >= 0.3 is 0 Å². The Bertz CT molecular complexity index is 246. The van der Waals surface area contributed by atoms with E-state index in [9.17, 15) is 0 Å². The summed E-state index contributed by atoms with van der Waals surface area (Å²) in [5.74, 6) is 1.82. The summed E-state index contributed by atoms with van der Waals surface area (Å²) in [5, 5.41) is 6.70. The minimum Gasteiger partial charge on any atom is -0.357 e. The SMILES string of the molecule is CCCN=C(NCC)NCCN1CCCC(C)C1.I. The summed E-state index contributed by atoms with van der Waals surface area (Å²) in [6.07, 6.45) is 3.84. The number of halogens is 1. The van der Waals surface area contributed by atoms with E-state index in [0.717, 1.165) is 44.5 Å². The Balaban J connectivity index is 0.00000324. The first-order chi connectivity index (χ1) is 8.76. The number of hydrogen-bond donors (Lipinski definition) is 2. The third-order valence-corrected chi connectivity index (χ3v) is 3.30. The predicted octanol–water partition coefficient (Wildman–Crippen LogP) is 2.30. The molecule has 0 radical (unpaired) electrons. The Morgan fingerprint density at radius 3 is 2.74 bits per heavy atom. The van der Waals surface area contributed by atoms with Crippen molar-refractivity contribution in [2.24, 2.45) is 10.9 Å². The van der Waals surface area contributed by atoms with Gasteiger partial charge in [0.15, 0.2) is 5.96 Å². The van der Waals surface area contributed by atoms with Gasteiger partial charge in [-0.1, -0.05) is 13.8 Å². The lowest BCUT2D eigenvalue weighted by molar-refractivity contribution is 0.187. The second-order valence-electron chi connectivity index (χ2n) is 5.24. The number of nitrogens with one attached hydrogen (secondary N) is 2. The molecule has 1 unspecified atom stereocenters. The van der Waals surface area contributed by atoms with Gasteiger partial charge in [0, 0.05) is 32.7 Å². The van der Waals surface area contributed by atoms with Crippen LogP contribution in [-0.4, -0.2) is 50.1 Å². The first-order valence-corrected chi connectivity index (χ1v) is 7.50. The van der Waals surface area contributed by atoms with Crippen molar-refractivity contribution in [1.82, 2.24) is 15.5 Å². The lowest BCUT2D eigenvalue weighted by atomic mass is 10.0. The molecular weight excluding hydrogens is 351 g/mol. The van der Waals surface area contributed by atoms with Crippen LogP contribution in [0.2, 0.25) is 0 Å². The highest BCUT2D eigenvalue weighted by Gasteiger charge is 2.15. The quantitative estimate of drug-likeness (QED) is 0.421. The molecule has 19 heavy (non-hydrogen) atoms. The molecule has 1 aliphatic heterocycles. The molecule has 0 bridgehead atoms. The number of rotatable bonds is 6. The van der Waals surface area contributed by atoms with Gasteiger partial charge in [0.25, 0.3) is 0 Å². The number of guanidine groups is 1. The van der Waals surface area contributed by atoms with E-state index in [1.165, 1.54) is 25.9 Å². The van der Waals surface area contributed by atoms with E-state index in [2.05, 4.69) is 41.3 Å². The molecule has 1 heterocycles. The van der Waals surface area contributed by atoms with Gasteiger partial charge in [-0.25, -0.2) is 0 Å². The van der Waals surface area contributed by atoms with Crippen LogP contribution in [0.15, 0.2) is 4.99 Å². The molecule has 5 heteroatoms. The van der Waals surface area contributed by atoms with Gasteiger partial charge in [0.1, 0.15) is 0 Å². The molecule has 0 saturated carbocycles. The molecule has 0 amide bonds. The van der Waals surface area contributed by atoms with E-state index in [-0.39, 0.29) is 24.0 Å². The molecule has 114 valence electrons. The fourth-order valence-corrected chi connectivity index (χ4v) is 2.39. The lowest BCUT2D eigenvalue weighted by Gasteiger charge is -2.30. The molecular formula is C14H31IN4. The molecule has 0 aliphatic carbocycles. The van der Waals surface area contributed by atoms with Gasteiger partial charge < -0.3 is 15.5 Å². The molecule has 1 rings (SSSR count). The average Bonchev–Trinajstić information content (AvgIpc) is 2.36. The molecule has 1 saturated heterocycles. The Morgan fingerprint density at radius 1 is 1.32 bits per heavy atom. The topological polar surface area (TPSA) is 39.7 Å². The zero-order valence-corrected chi connectivity index (χ0v) is 15.1. The highest BCUT2D eigenvalue weighted by atomic mass is 127. The van der Waals surface area contributed by atoms with Crippen LogP contribution < -0.4 is 10.6 Å². The van der Waals surface area contributed by atoms with Crippen molar-refractivity contribution in [2.45, 2.75) is 40.0 Å². The maximum atomic E-state index is 4.51. The van der Waals surface area contributed by atoms with E-state index in [1.54, 1.807) is 0 Å². The van der Waals surface area contributed by atoms with Crippen molar-refractivity contribution in [2.75, 3.05) is 39.3 Å². The molecule has 1 atom stereocenters. The second kappa shape index (κ2) is 11.8. The van der Waals surface area contributed by atoms with Gasteiger partial charge in [-0.2, -0.15) is 0 Å². The molecule has 1 aliphatic rings. The van der Waals surface area contributed by atoms with Crippen LogP contribution in [0.4, 0.5) is 0 Å². The average molecular weight is 382 g/mol. The zero-order chi connectivity index (χ0) is 13.2. The van der Waals surface area contributed by atoms with Crippen LogP contribution in [0.3, 0.4) is 0 Å². The van der Waals surface area contributed by atoms with Crippen molar-refractivity contribution in [1.29, 1.82) is 0 Å². The van der Waals surface area contributed by atoms with Crippen molar-refractivity contribution in [3.8, 4) is 0 Å². The molecule has 2 N–H and O–H groups in total. The summed E-state index contributed by atoms with van der Waals surface area (Å²) in [5.41, 5.74) is 0. The first kappa shape index (κ1) is 19.0. The zero-order valence-electron chi connectivity index (χ0n) is 12.7. The minimum absolute atomic E-state index is 0. The second-order valence-corrected chi connectivity index (χ2v) is 5.24. The number of nitrogens with zero attached hydrogens (tertiary/aromatic N) is 2. The molecule has 0 aromatic carbocycles. The monoisotopic (exact) mass is 382 g/mol. The normalized spacial score (nSPS) is 20.8. The highest BCUT2D eigenvalue weighted by molar-refractivity contribution is 14.0. The van der Waals surface area contributed by atoms with E-state index in [4.69, 9.17) is 0 Å². The van der Waals surface area contributed by atoms with Crippen molar-refractivity contribution < 1.29 is 0 Å². The Labute approximate surface area is 135 Å². The maximum Gasteiger partial charge on any atom is 0.191 e. The van der Waals surface area contributed by atoms with Gasteiger partial charge in [0.05, 0.1) is 0 Å². The maximum absolute atomic E-state index is 4.51. The van der Waals surface area contributed by atoms with Crippen LogP contribution >= 0.6 is 24.0 Å². The van der Waals surface area contributed by atoms with E-state index < -0.39 is 0 Å². The number of hydrogen-bond acceptors (Lipinski definition) is 2. The Morgan fingerprint density at radius 2 is 2.11 bits per heavy atom. The van der Waals surface area contributed by atoms with E-state index in [1.807, 2.05) is 0 Å². The van der Waals surface area contributed by atoms with Gasteiger partial charge in [0.2, 0.25) is 0 Å². The summed E-state index contributed by atoms with van der Waals surface area (Å²) >= 11 is 0. The Hall–Kier alpha value is -0.0400. The third kappa shape index (κ3) is 8.68. The Kier molecular flexibility index (Phi) is 11.7. The summed E-state index contributed by atoms with van der Waals surface area (Å²) in [6, 6.07) is 0. The van der Waals surface area contributed by atoms with Crippen molar-refractivity contribution in [3.05, 3.63) is 0 Å². The number of piperidine rings is 1. The number of likely N-dealkylation sites (tertiary alicyclic amines) is 1. The summed E-state index contributed by atoms with van der Waals surface area (Å²) in [4.78, 5) is 7.07. The molecule has 0 spiro atoms. The van der Waals surface area contributed by atoms with Crippen LogP contribution in [0, 0.1) is 5.92 Å². The van der Waals surface area contributed by atoms with E-state index in [0.29, 0.717) is 0 Å². The van der Waals surface area contributed by atoms with Crippen molar-refractivity contribution in [3.63, 3.8) is 0 Å². The van der Waals surface area contributed by atoms with Gasteiger partial charge in [-0.05, 0) is 38.6 Å². The smallest absolute Gasteiger partial charge is 0.191 e. The first-order valence-electron chi connectivity index (χ1n) is 7.50. The molecule has 0 aromatic rings. The fourth-order valence-electron chi connectivity index (χ4n) is 2.39. The predicted molar refractivity (Wildman–Crippen MR) is 94.5 cm³/mol. The summed E-state index contributed by atoms with van der Waals surface area (Å²) in [7, 11) is 0. The van der Waals surface area contributed by atoms with Crippen LogP contribution in [0.25, 0.3) is 0 Å². The van der Waals surface area contributed by atoms with Crippen LogP contribution in [0.5, 0.6) is 0 Å². The highest BCUT2D eigenvalue weighted by Crippen LogP contribution is 2.14.